The topological polar surface area (TPSA) is 169 Å². The molecule has 3 N–H and O–H groups in total. The van der Waals surface area contributed by atoms with Gasteiger partial charge in [-0.2, -0.15) is 9.57 Å². The second-order valence-corrected chi connectivity index (χ2v) is 9.88. The first-order chi connectivity index (χ1) is 16.0. The number of allylic oxidation sites excluding steroid dienone is 1. The Morgan fingerprint density at radius 1 is 1.26 bits per heavy atom. The molecule has 0 bridgehead atoms. The lowest BCUT2D eigenvalue weighted by Gasteiger charge is -2.26. The molecule has 1 aromatic rings. The van der Waals surface area contributed by atoms with E-state index in [1.54, 1.807) is 19.9 Å². The number of nitrogens with two attached hydrogens (primary N) is 1. The fourth-order valence-corrected chi connectivity index (χ4v) is 4.58. The first-order valence-electron chi connectivity index (χ1n) is 10.5. The number of ketones is 1. The van der Waals surface area contributed by atoms with Gasteiger partial charge in [-0.3, -0.25) is 9.59 Å². The van der Waals surface area contributed by atoms with E-state index in [0.29, 0.717) is 0 Å². The molecule has 2 rings (SSSR count). The number of nitriles is 1. The molecule has 1 atom stereocenters. The van der Waals surface area contributed by atoms with Crippen molar-refractivity contribution < 1.29 is 32.3 Å². The molecule has 0 saturated carbocycles. The van der Waals surface area contributed by atoms with Crippen LogP contribution in [0.15, 0.2) is 40.4 Å². The second kappa shape index (κ2) is 11.7. The van der Waals surface area contributed by atoms with E-state index in [4.69, 9.17) is 20.5 Å². The zero-order valence-corrected chi connectivity index (χ0v) is 20.1. The molecule has 184 valence electrons. The number of esters is 1. The van der Waals surface area contributed by atoms with Crippen molar-refractivity contribution in [2.24, 2.45) is 11.7 Å². The molecule has 1 aliphatic rings. The number of hydrogen-bond donors (Lipinski definition) is 2. The summed E-state index contributed by atoms with van der Waals surface area (Å²) in [6, 6.07) is 6.03. The van der Waals surface area contributed by atoms with Crippen LogP contribution in [0.3, 0.4) is 0 Å². The van der Waals surface area contributed by atoms with Gasteiger partial charge in [0.1, 0.15) is 17.7 Å². The Labute approximate surface area is 198 Å². The maximum atomic E-state index is 12.9. The number of ether oxygens (including phenoxy) is 2. The Balaban J connectivity index is 2.13. The standard InChI is InChI=1S/C22H28N4O7S/c1-14(2)20(22(29)33-13-19(27)18(12-23)15(3)24)25-21(28)16-5-4-6-17(11-16)34(30,31)26-7-9-32-10-8-26/h4-6,11,14,20H,7-10,13,24H2,1-3H3,(H,25,28). The van der Waals surface area contributed by atoms with Crippen LogP contribution in [0, 0.1) is 17.2 Å². The van der Waals surface area contributed by atoms with Crippen molar-refractivity contribution in [3.63, 3.8) is 0 Å². The minimum absolute atomic E-state index is 0.00387. The molecule has 0 radical (unpaired) electrons. The minimum atomic E-state index is -3.81. The highest BCUT2D eigenvalue weighted by Crippen LogP contribution is 2.19. The lowest BCUT2D eigenvalue weighted by atomic mass is 10.0. The molecular weight excluding hydrogens is 464 g/mol. The number of rotatable bonds is 9. The van der Waals surface area contributed by atoms with Crippen molar-refractivity contribution in [2.45, 2.75) is 31.7 Å². The summed E-state index contributed by atoms with van der Waals surface area (Å²) in [7, 11) is -3.81. The van der Waals surface area contributed by atoms with Gasteiger partial charge >= 0.3 is 5.97 Å². The van der Waals surface area contributed by atoms with Crippen LogP contribution in [0.1, 0.15) is 31.1 Å². The molecule has 1 saturated heterocycles. The van der Waals surface area contributed by atoms with Gasteiger partial charge in [-0.25, -0.2) is 13.2 Å². The second-order valence-electron chi connectivity index (χ2n) is 7.94. The zero-order chi connectivity index (χ0) is 25.5. The average molecular weight is 493 g/mol. The molecule has 1 unspecified atom stereocenters. The van der Waals surface area contributed by atoms with E-state index in [2.05, 4.69) is 5.32 Å². The van der Waals surface area contributed by atoms with E-state index >= 15 is 0 Å². The van der Waals surface area contributed by atoms with E-state index in [1.165, 1.54) is 35.5 Å². The maximum Gasteiger partial charge on any atom is 0.329 e. The zero-order valence-electron chi connectivity index (χ0n) is 19.2. The SMILES string of the molecule is CC(N)=C(C#N)C(=O)COC(=O)C(NC(=O)c1cccc(S(=O)(=O)N2CCOCC2)c1)C(C)C. The Kier molecular flexibility index (Phi) is 9.31. The molecule has 0 spiro atoms. The van der Waals surface area contributed by atoms with Gasteiger partial charge in [-0.15, -0.1) is 0 Å². The van der Waals surface area contributed by atoms with E-state index in [9.17, 15) is 22.8 Å². The highest BCUT2D eigenvalue weighted by molar-refractivity contribution is 7.89. The number of hydrogen-bond acceptors (Lipinski definition) is 9. The number of nitrogens with zero attached hydrogens (tertiary/aromatic N) is 2. The normalized spacial score (nSPS) is 16.2. The Morgan fingerprint density at radius 3 is 2.47 bits per heavy atom. The third-order valence-electron chi connectivity index (χ3n) is 5.04. The fourth-order valence-electron chi connectivity index (χ4n) is 3.13. The van der Waals surface area contributed by atoms with Crippen LogP contribution in [0.5, 0.6) is 0 Å². The molecule has 11 nitrogen and oxygen atoms in total. The van der Waals surface area contributed by atoms with E-state index < -0.39 is 46.2 Å². The first-order valence-corrected chi connectivity index (χ1v) is 12.0. The molecule has 1 fully saturated rings. The molecular formula is C22H28N4O7S. The molecule has 0 aliphatic carbocycles. The number of amides is 1. The van der Waals surface area contributed by atoms with Gasteiger partial charge < -0.3 is 20.5 Å². The van der Waals surface area contributed by atoms with Crippen molar-refractivity contribution >= 4 is 27.7 Å². The van der Waals surface area contributed by atoms with E-state index in [-0.39, 0.29) is 48.0 Å². The fraction of sp³-hybridized carbons (Fsp3) is 0.455. The van der Waals surface area contributed by atoms with Gasteiger partial charge in [0.25, 0.3) is 5.91 Å². The highest BCUT2D eigenvalue weighted by atomic mass is 32.2. The average Bonchev–Trinajstić information content (AvgIpc) is 2.81. The number of carbonyl (C=O) groups excluding carboxylic acids is 3. The summed E-state index contributed by atoms with van der Waals surface area (Å²) in [4.78, 5) is 37.3. The predicted molar refractivity (Wildman–Crippen MR) is 121 cm³/mol. The third kappa shape index (κ3) is 6.63. The van der Waals surface area contributed by atoms with Crippen molar-refractivity contribution in [1.29, 1.82) is 5.26 Å². The van der Waals surface area contributed by atoms with Gasteiger partial charge in [-0.1, -0.05) is 19.9 Å². The molecule has 12 heteroatoms. The summed E-state index contributed by atoms with van der Waals surface area (Å²) in [5.41, 5.74) is 5.20. The Morgan fingerprint density at radius 2 is 1.91 bits per heavy atom. The molecule has 0 aromatic heterocycles. The predicted octanol–water partition coefficient (Wildman–Crippen LogP) is 0.330. The van der Waals surface area contributed by atoms with Gasteiger partial charge in [0.2, 0.25) is 15.8 Å². The Bertz CT molecular complexity index is 1110. The molecule has 1 aliphatic heterocycles. The smallest absolute Gasteiger partial charge is 0.329 e. The van der Waals surface area contributed by atoms with Crippen molar-refractivity contribution in [1.82, 2.24) is 9.62 Å². The maximum absolute atomic E-state index is 12.9. The molecule has 1 aromatic carbocycles. The summed E-state index contributed by atoms with van der Waals surface area (Å²) in [5, 5.41) is 11.5. The minimum Gasteiger partial charge on any atom is -0.456 e. The van der Waals surface area contributed by atoms with Crippen LogP contribution < -0.4 is 11.1 Å². The number of sulfonamides is 1. The largest absolute Gasteiger partial charge is 0.456 e. The number of nitrogens with one attached hydrogen (secondary N) is 1. The molecule has 1 amide bonds. The van der Waals surface area contributed by atoms with Crippen molar-refractivity contribution in [2.75, 3.05) is 32.9 Å². The van der Waals surface area contributed by atoms with Crippen LogP contribution in [-0.4, -0.2) is 69.3 Å². The third-order valence-corrected chi connectivity index (χ3v) is 6.94. The molecule has 34 heavy (non-hydrogen) atoms. The summed E-state index contributed by atoms with van der Waals surface area (Å²) >= 11 is 0. The highest BCUT2D eigenvalue weighted by Gasteiger charge is 2.29. The van der Waals surface area contributed by atoms with Crippen LogP contribution in [0.4, 0.5) is 0 Å². The van der Waals surface area contributed by atoms with Crippen LogP contribution in [0.25, 0.3) is 0 Å². The van der Waals surface area contributed by atoms with Crippen molar-refractivity contribution in [3.05, 3.63) is 41.1 Å². The lowest BCUT2D eigenvalue weighted by molar-refractivity contribution is -0.150. The summed E-state index contributed by atoms with van der Waals surface area (Å²) < 4.78 is 37.2. The molecule has 1 heterocycles. The van der Waals surface area contributed by atoms with Gasteiger partial charge in [0, 0.05) is 24.4 Å². The van der Waals surface area contributed by atoms with Gasteiger partial charge in [0.05, 0.1) is 18.1 Å². The van der Waals surface area contributed by atoms with Gasteiger partial charge in [-0.05, 0) is 31.0 Å². The van der Waals surface area contributed by atoms with Crippen molar-refractivity contribution in [3.8, 4) is 6.07 Å². The monoisotopic (exact) mass is 492 g/mol. The summed E-state index contributed by atoms with van der Waals surface area (Å²) in [6.07, 6.45) is 0. The number of benzene rings is 1. The number of carbonyl (C=O) groups is 3. The van der Waals surface area contributed by atoms with Crippen LogP contribution in [-0.2, 0) is 29.1 Å². The quantitative estimate of drug-likeness (QED) is 0.280. The number of morpholine rings is 1. The number of Topliss-reactive ketones (excluding diaryl/α,β-unsaturated/α-hetero) is 1. The van der Waals surface area contributed by atoms with E-state index in [0.717, 1.165) is 0 Å². The summed E-state index contributed by atoms with van der Waals surface area (Å²) in [6.45, 7) is 5.00. The van der Waals surface area contributed by atoms with Crippen LogP contribution in [0.2, 0.25) is 0 Å². The lowest BCUT2D eigenvalue weighted by Crippen LogP contribution is -2.45. The van der Waals surface area contributed by atoms with Crippen LogP contribution >= 0.6 is 0 Å². The Hall–Kier alpha value is -3.27. The summed E-state index contributed by atoms with van der Waals surface area (Å²) in [5.74, 6) is -2.73. The first kappa shape index (κ1) is 27.0. The van der Waals surface area contributed by atoms with Gasteiger partial charge in [0.15, 0.2) is 6.61 Å². The van der Waals surface area contributed by atoms with E-state index in [1.807, 2.05) is 0 Å².